The van der Waals surface area contributed by atoms with Crippen molar-refractivity contribution < 1.29 is 4.74 Å². The van der Waals surface area contributed by atoms with Crippen LogP contribution < -0.4 is 10.5 Å². The maximum Gasteiger partial charge on any atom is 0.118 e. The van der Waals surface area contributed by atoms with Gasteiger partial charge >= 0.3 is 0 Å². The van der Waals surface area contributed by atoms with Crippen LogP contribution in [0.1, 0.15) is 51.5 Å². The van der Waals surface area contributed by atoms with Crippen LogP contribution in [-0.2, 0) is 5.54 Å². The van der Waals surface area contributed by atoms with Crippen LogP contribution in [0.3, 0.4) is 0 Å². The van der Waals surface area contributed by atoms with E-state index in [-0.39, 0.29) is 5.54 Å². The van der Waals surface area contributed by atoms with Crippen LogP contribution in [0.5, 0.6) is 5.75 Å². The first-order valence-corrected chi connectivity index (χ1v) is 7.47. The first-order valence-electron chi connectivity index (χ1n) is 7.47. The van der Waals surface area contributed by atoms with Gasteiger partial charge in [0.15, 0.2) is 0 Å². The third-order valence-corrected chi connectivity index (χ3v) is 4.36. The van der Waals surface area contributed by atoms with Crippen LogP contribution in [0.15, 0.2) is 24.3 Å². The number of nitrogens with two attached hydrogens (primary N) is 1. The standard InChI is InChI=1S/C17H27NO/c1-13(2)11-14-5-4-10-17(18,12-14)15-6-8-16(19-3)9-7-15/h6-9,13-14H,4-5,10-12,18H2,1-3H3. The summed E-state index contributed by atoms with van der Waals surface area (Å²) in [5, 5.41) is 0. The molecule has 1 fully saturated rings. The predicted octanol–water partition coefficient (Wildman–Crippen LogP) is 4.09. The van der Waals surface area contributed by atoms with Gasteiger partial charge in [-0.15, -0.1) is 0 Å². The minimum Gasteiger partial charge on any atom is -0.497 e. The van der Waals surface area contributed by atoms with Crippen LogP contribution >= 0.6 is 0 Å². The highest BCUT2D eigenvalue weighted by Gasteiger charge is 2.34. The lowest BCUT2D eigenvalue weighted by Crippen LogP contribution is -2.41. The molecule has 106 valence electrons. The lowest BCUT2D eigenvalue weighted by molar-refractivity contribution is 0.202. The van der Waals surface area contributed by atoms with E-state index in [9.17, 15) is 0 Å². The molecule has 0 bridgehead atoms. The highest BCUT2D eigenvalue weighted by molar-refractivity contribution is 5.32. The second-order valence-corrected chi connectivity index (χ2v) is 6.48. The summed E-state index contributed by atoms with van der Waals surface area (Å²) < 4.78 is 5.22. The molecule has 0 spiro atoms. The maximum absolute atomic E-state index is 6.70. The molecule has 1 aliphatic rings. The number of hydrogen-bond donors (Lipinski definition) is 1. The molecule has 2 rings (SSSR count). The van der Waals surface area contributed by atoms with Crippen LogP contribution in [0.25, 0.3) is 0 Å². The van der Waals surface area contributed by atoms with Gasteiger partial charge in [-0.3, -0.25) is 0 Å². The van der Waals surface area contributed by atoms with Crippen LogP contribution in [0.2, 0.25) is 0 Å². The normalized spacial score (nSPS) is 27.5. The topological polar surface area (TPSA) is 35.2 Å². The fraction of sp³-hybridized carbons (Fsp3) is 0.647. The van der Waals surface area contributed by atoms with Crippen molar-refractivity contribution in [1.82, 2.24) is 0 Å². The van der Waals surface area contributed by atoms with E-state index in [1.54, 1.807) is 7.11 Å². The Morgan fingerprint density at radius 1 is 1.32 bits per heavy atom. The summed E-state index contributed by atoms with van der Waals surface area (Å²) in [7, 11) is 1.70. The van der Waals surface area contributed by atoms with Crippen LogP contribution in [-0.4, -0.2) is 7.11 Å². The number of ether oxygens (including phenoxy) is 1. The summed E-state index contributed by atoms with van der Waals surface area (Å²) in [6, 6.07) is 8.32. The Morgan fingerprint density at radius 3 is 2.58 bits per heavy atom. The highest BCUT2D eigenvalue weighted by atomic mass is 16.5. The van der Waals surface area contributed by atoms with E-state index in [1.165, 1.54) is 24.8 Å². The van der Waals surface area contributed by atoms with Crippen molar-refractivity contribution in [3.05, 3.63) is 29.8 Å². The lowest BCUT2D eigenvalue weighted by atomic mass is 9.70. The molecule has 1 aliphatic carbocycles. The van der Waals surface area contributed by atoms with Crippen LogP contribution in [0, 0.1) is 11.8 Å². The van der Waals surface area contributed by atoms with Gasteiger partial charge in [-0.2, -0.15) is 0 Å². The highest BCUT2D eigenvalue weighted by Crippen LogP contribution is 2.40. The molecule has 2 unspecified atom stereocenters. The van der Waals surface area contributed by atoms with Gasteiger partial charge in [0, 0.05) is 5.54 Å². The molecule has 2 atom stereocenters. The number of rotatable bonds is 4. The average molecular weight is 261 g/mol. The van der Waals surface area contributed by atoms with E-state index < -0.39 is 0 Å². The van der Waals surface area contributed by atoms with E-state index in [0.29, 0.717) is 0 Å². The zero-order valence-corrected chi connectivity index (χ0v) is 12.5. The molecule has 0 aromatic heterocycles. The van der Waals surface area contributed by atoms with Gasteiger partial charge in [0.05, 0.1) is 7.11 Å². The largest absolute Gasteiger partial charge is 0.497 e. The predicted molar refractivity (Wildman–Crippen MR) is 80.3 cm³/mol. The third kappa shape index (κ3) is 3.50. The van der Waals surface area contributed by atoms with Crippen molar-refractivity contribution in [1.29, 1.82) is 0 Å². The summed E-state index contributed by atoms with van der Waals surface area (Å²) in [6.07, 6.45) is 6.12. The number of benzene rings is 1. The van der Waals surface area contributed by atoms with Gasteiger partial charge in [-0.05, 0) is 48.8 Å². The van der Waals surface area contributed by atoms with Crippen molar-refractivity contribution >= 4 is 0 Å². The Kier molecular flexibility index (Phi) is 4.51. The Bertz CT molecular complexity index is 398. The Morgan fingerprint density at radius 2 is 2.00 bits per heavy atom. The molecule has 0 amide bonds. The van der Waals surface area contributed by atoms with Gasteiger partial charge in [0.2, 0.25) is 0 Å². The fourth-order valence-corrected chi connectivity index (χ4v) is 3.48. The second-order valence-electron chi connectivity index (χ2n) is 6.48. The van der Waals surface area contributed by atoms with Crippen LogP contribution in [0.4, 0.5) is 0 Å². The lowest BCUT2D eigenvalue weighted by Gasteiger charge is -2.39. The molecule has 1 aromatic carbocycles. The van der Waals surface area contributed by atoms with Gasteiger partial charge in [-0.1, -0.05) is 38.8 Å². The Labute approximate surface area is 117 Å². The summed E-state index contributed by atoms with van der Waals surface area (Å²) in [4.78, 5) is 0. The minimum atomic E-state index is -0.135. The SMILES string of the molecule is COc1ccc(C2(N)CCCC(CC(C)C)C2)cc1. The van der Waals surface area contributed by atoms with Crippen molar-refractivity contribution in [2.75, 3.05) is 7.11 Å². The van der Waals surface area contributed by atoms with E-state index in [1.807, 2.05) is 12.1 Å². The molecular weight excluding hydrogens is 234 g/mol. The molecule has 0 heterocycles. The molecule has 1 saturated carbocycles. The van der Waals surface area contributed by atoms with Crippen molar-refractivity contribution in [2.45, 2.75) is 51.5 Å². The first kappa shape index (κ1) is 14.4. The molecule has 0 radical (unpaired) electrons. The number of hydrogen-bond acceptors (Lipinski definition) is 2. The molecule has 19 heavy (non-hydrogen) atoms. The minimum absolute atomic E-state index is 0.135. The molecule has 1 aromatic rings. The van der Waals surface area contributed by atoms with Gasteiger partial charge in [0.25, 0.3) is 0 Å². The van der Waals surface area contributed by atoms with Crippen molar-refractivity contribution in [2.24, 2.45) is 17.6 Å². The van der Waals surface area contributed by atoms with E-state index in [0.717, 1.165) is 30.4 Å². The van der Waals surface area contributed by atoms with Gasteiger partial charge in [0.1, 0.15) is 5.75 Å². The second kappa shape index (κ2) is 5.96. The van der Waals surface area contributed by atoms with Gasteiger partial charge in [-0.25, -0.2) is 0 Å². The number of methoxy groups -OCH3 is 1. The van der Waals surface area contributed by atoms with E-state index in [4.69, 9.17) is 10.5 Å². The molecule has 2 N–H and O–H groups in total. The van der Waals surface area contributed by atoms with Crippen molar-refractivity contribution in [3.8, 4) is 5.75 Å². The Balaban J connectivity index is 2.11. The monoisotopic (exact) mass is 261 g/mol. The Hall–Kier alpha value is -1.02. The van der Waals surface area contributed by atoms with E-state index >= 15 is 0 Å². The molecule has 2 heteroatoms. The first-order chi connectivity index (χ1) is 9.03. The zero-order valence-electron chi connectivity index (χ0n) is 12.5. The summed E-state index contributed by atoms with van der Waals surface area (Å²) in [5.74, 6) is 2.45. The third-order valence-electron chi connectivity index (χ3n) is 4.36. The fourth-order valence-electron chi connectivity index (χ4n) is 3.48. The molecule has 0 aliphatic heterocycles. The zero-order chi connectivity index (χ0) is 13.9. The summed E-state index contributed by atoms with van der Waals surface area (Å²) >= 11 is 0. The molecule has 0 saturated heterocycles. The van der Waals surface area contributed by atoms with Crippen molar-refractivity contribution in [3.63, 3.8) is 0 Å². The molecule has 2 nitrogen and oxygen atoms in total. The maximum atomic E-state index is 6.70. The average Bonchev–Trinajstić information content (AvgIpc) is 2.38. The van der Waals surface area contributed by atoms with Gasteiger partial charge < -0.3 is 10.5 Å². The summed E-state index contributed by atoms with van der Waals surface area (Å²) in [6.45, 7) is 4.61. The summed E-state index contributed by atoms with van der Waals surface area (Å²) in [5.41, 5.74) is 7.83. The molecular formula is C17H27NO. The smallest absolute Gasteiger partial charge is 0.118 e. The van der Waals surface area contributed by atoms with E-state index in [2.05, 4.69) is 26.0 Å². The quantitative estimate of drug-likeness (QED) is 0.886.